The van der Waals surface area contributed by atoms with E-state index in [1.807, 2.05) is 18.2 Å². The lowest BCUT2D eigenvalue weighted by Crippen LogP contribution is -1.66. The summed E-state index contributed by atoms with van der Waals surface area (Å²) >= 11 is 0. The number of carbonyl (C=O) groups excluding carboxylic acids is 1. The monoisotopic (exact) mass is 202 g/mol. The molecule has 0 unspecified atom stereocenters. The number of pyridine rings is 1. The molecule has 0 aliphatic carbocycles. The molecule has 0 radical (unpaired) electrons. The molecule has 5 heteroatoms. The summed E-state index contributed by atoms with van der Waals surface area (Å²) in [4.78, 5) is 19.5. The summed E-state index contributed by atoms with van der Waals surface area (Å²) in [6.45, 7) is 0. The van der Waals surface area contributed by atoms with Crippen LogP contribution in [0.1, 0.15) is 0 Å². The van der Waals surface area contributed by atoms with Crippen LogP contribution in [0.5, 0.6) is 0 Å². The van der Waals surface area contributed by atoms with Crippen LogP contribution in [0.2, 0.25) is 0 Å². The molecule has 0 saturated heterocycles. The lowest BCUT2D eigenvalue weighted by molar-refractivity contribution is 0.563. The highest BCUT2D eigenvalue weighted by Crippen LogP contribution is 1.73. The maximum Gasteiger partial charge on any atom is 0.231 e. The van der Waals surface area contributed by atoms with Gasteiger partial charge in [-0.3, -0.25) is 4.98 Å². The summed E-state index contributed by atoms with van der Waals surface area (Å²) in [5, 5.41) is 5.40. The van der Waals surface area contributed by atoms with Crippen LogP contribution in [0.25, 0.3) is 0 Å². The Balaban J connectivity index is 0.000000210. The van der Waals surface area contributed by atoms with Crippen LogP contribution < -0.4 is 0 Å². The van der Waals surface area contributed by atoms with Crippen molar-refractivity contribution in [3.63, 3.8) is 0 Å². The zero-order chi connectivity index (χ0) is 11.2. The molecule has 0 amide bonds. The van der Waals surface area contributed by atoms with Crippen LogP contribution in [-0.4, -0.2) is 21.0 Å². The molecule has 2 heterocycles. The van der Waals surface area contributed by atoms with E-state index in [4.69, 9.17) is 10.2 Å². The van der Waals surface area contributed by atoms with Crippen molar-refractivity contribution < 1.29 is 4.79 Å². The average molecular weight is 202 g/mol. The van der Waals surface area contributed by atoms with Crippen LogP contribution in [0, 0.1) is 5.41 Å². The Hall–Kier alpha value is -2.39. The van der Waals surface area contributed by atoms with Crippen molar-refractivity contribution in [3.8, 4) is 0 Å². The fourth-order valence-electron chi connectivity index (χ4n) is 0.566. The SMILES string of the molecule is N=C=O.c1ccncc1.c1cncnc1. The van der Waals surface area contributed by atoms with E-state index >= 15 is 0 Å². The van der Waals surface area contributed by atoms with Gasteiger partial charge in [-0.15, -0.1) is 0 Å². The second kappa shape index (κ2) is 11.6. The van der Waals surface area contributed by atoms with Crippen LogP contribution in [0.3, 0.4) is 0 Å². The van der Waals surface area contributed by atoms with E-state index in [0.29, 0.717) is 0 Å². The molecule has 0 saturated carbocycles. The van der Waals surface area contributed by atoms with Crippen molar-refractivity contribution in [1.82, 2.24) is 15.0 Å². The molecule has 2 rings (SSSR count). The van der Waals surface area contributed by atoms with E-state index in [-0.39, 0.29) is 0 Å². The van der Waals surface area contributed by atoms with Gasteiger partial charge in [-0.05, 0) is 18.2 Å². The average Bonchev–Trinajstić information content (AvgIpc) is 2.35. The number of isocyanates is 1. The van der Waals surface area contributed by atoms with Crippen LogP contribution in [0.15, 0.2) is 55.4 Å². The Morgan fingerprint density at radius 3 is 1.40 bits per heavy atom. The number of nitrogens with zero attached hydrogens (tertiary/aromatic N) is 3. The second-order valence-corrected chi connectivity index (χ2v) is 2.03. The molecule has 0 aliphatic rings. The van der Waals surface area contributed by atoms with Crippen molar-refractivity contribution in [2.75, 3.05) is 0 Å². The Kier molecular flexibility index (Phi) is 9.76. The summed E-state index contributed by atoms with van der Waals surface area (Å²) < 4.78 is 0. The number of hydrogen-bond donors (Lipinski definition) is 1. The maximum atomic E-state index is 8.35. The summed E-state index contributed by atoms with van der Waals surface area (Å²) in [6.07, 6.45) is 9.12. The largest absolute Gasteiger partial charge is 0.265 e. The van der Waals surface area contributed by atoms with Gasteiger partial charge in [-0.25, -0.2) is 20.2 Å². The first kappa shape index (κ1) is 12.6. The number of aromatic nitrogens is 3. The molecular weight excluding hydrogens is 192 g/mol. The molecule has 0 aliphatic heterocycles. The van der Waals surface area contributed by atoms with Crippen molar-refractivity contribution in [2.45, 2.75) is 0 Å². The Labute approximate surface area is 87.4 Å². The minimum atomic E-state index is 0.750. The van der Waals surface area contributed by atoms with Crippen molar-refractivity contribution in [2.24, 2.45) is 0 Å². The smallest absolute Gasteiger partial charge is 0.231 e. The number of rotatable bonds is 0. The molecule has 5 nitrogen and oxygen atoms in total. The highest BCUT2D eigenvalue weighted by Gasteiger charge is 1.59. The summed E-state index contributed by atoms with van der Waals surface area (Å²) in [5.74, 6) is 0. The van der Waals surface area contributed by atoms with Gasteiger partial charge >= 0.3 is 0 Å². The van der Waals surface area contributed by atoms with Gasteiger partial charge in [0.15, 0.2) is 0 Å². The van der Waals surface area contributed by atoms with Gasteiger partial charge in [0.25, 0.3) is 0 Å². The highest BCUT2D eigenvalue weighted by atomic mass is 16.1. The third-order valence-electron chi connectivity index (χ3n) is 1.04. The van der Waals surface area contributed by atoms with Crippen molar-refractivity contribution >= 4 is 6.08 Å². The predicted molar refractivity (Wildman–Crippen MR) is 54.7 cm³/mol. The third-order valence-corrected chi connectivity index (χ3v) is 1.04. The number of hydrogen-bond acceptors (Lipinski definition) is 5. The molecule has 2 aromatic heterocycles. The fraction of sp³-hybridized carbons (Fsp3) is 0. The van der Waals surface area contributed by atoms with Gasteiger partial charge in [0.1, 0.15) is 6.33 Å². The zero-order valence-corrected chi connectivity index (χ0v) is 7.95. The summed E-state index contributed by atoms with van der Waals surface area (Å²) in [5.41, 5.74) is 0. The van der Waals surface area contributed by atoms with Gasteiger partial charge in [-0.2, -0.15) is 0 Å². The van der Waals surface area contributed by atoms with Gasteiger partial charge in [0, 0.05) is 24.8 Å². The summed E-state index contributed by atoms with van der Waals surface area (Å²) in [7, 11) is 0. The van der Waals surface area contributed by atoms with E-state index < -0.39 is 0 Å². The van der Waals surface area contributed by atoms with E-state index in [1.54, 1.807) is 30.9 Å². The lowest BCUT2D eigenvalue weighted by Gasteiger charge is -1.70. The van der Waals surface area contributed by atoms with Crippen molar-refractivity contribution in [3.05, 3.63) is 55.4 Å². The Morgan fingerprint density at radius 1 is 0.800 bits per heavy atom. The quantitative estimate of drug-likeness (QED) is 0.518. The summed E-state index contributed by atoms with van der Waals surface area (Å²) in [6, 6.07) is 7.49. The maximum absolute atomic E-state index is 8.35. The van der Waals surface area contributed by atoms with Crippen molar-refractivity contribution in [1.29, 1.82) is 5.41 Å². The zero-order valence-electron chi connectivity index (χ0n) is 7.95. The standard InChI is InChI=1S/C5H5N.C4H4N2.CHNO/c1-2-4-6-5-3-1;1-2-5-4-6-3-1;2-1-3/h1-5H;1-4H;2H. The molecule has 0 bridgehead atoms. The minimum absolute atomic E-state index is 0.750. The van der Waals surface area contributed by atoms with E-state index in [0.717, 1.165) is 6.08 Å². The molecule has 0 spiro atoms. The molecule has 0 fully saturated rings. The number of nitrogens with one attached hydrogen (secondary N) is 1. The van der Waals surface area contributed by atoms with Gasteiger partial charge in [0.05, 0.1) is 0 Å². The second-order valence-electron chi connectivity index (χ2n) is 2.03. The molecule has 1 N–H and O–H groups in total. The van der Waals surface area contributed by atoms with Crippen LogP contribution in [-0.2, 0) is 4.79 Å². The topological polar surface area (TPSA) is 79.6 Å². The first-order chi connectivity index (χ1) is 7.41. The normalized spacial score (nSPS) is 6.93. The fourth-order valence-corrected chi connectivity index (χ4v) is 0.566. The third kappa shape index (κ3) is 11.6. The minimum Gasteiger partial charge on any atom is -0.265 e. The van der Waals surface area contributed by atoms with Gasteiger partial charge in [0.2, 0.25) is 6.08 Å². The van der Waals surface area contributed by atoms with E-state index in [9.17, 15) is 0 Å². The molecule has 0 atom stereocenters. The Morgan fingerprint density at radius 2 is 1.27 bits per heavy atom. The molecule has 0 aromatic carbocycles. The first-order valence-electron chi connectivity index (χ1n) is 4.00. The van der Waals surface area contributed by atoms with Gasteiger partial charge < -0.3 is 0 Å². The predicted octanol–water partition coefficient (Wildman–Crippen LogP) is 1.46. The Bertz CT molecular complexity index is 261. The molecule has 2 aromatic rings. The lowest BCUT2D eigenvalue weighted by atomic mass is 10.5. The molecule has 15 heavy (non-hydrogen) atoms. The van der Waals surface area contributed by atoms with E-state index in [1.165, 1.54) is 6.33 Å². The molecular formula is C10H10N4O. The highest BCUT2D eigenvalue weighted by molar-refractivity contribution is 5.26. The van der Waals surface area contributed by atoms with Gasteiger partial charge in [-0.1, -0.05) is 6.07 Å². The van der Waals surface area contributed by atoms with Crippen LogP contribution in [0.4, 0.5) is 0 Å². The van der Waals surface area contributed by atoms with E-state index in [2.05, 4.69) is 15.0 Å². The molecule has 76 valence electrons. The first-order valence-corrected chi connectivity index (χ1v) is 4.00. The van der Waals surface area contributed by atoms with Crippen LogP contribution >= 0.6 is 0 Å².